The number of carbonyl (C=O) groups is 1. The lowest BCUT2D eigenvalue weighted by molar-refractivity contribution is 0.0855. The second kappa shape index (κ2) is 6.41. The van der Waals surface area contributed by atoms with Crippen LogP contribution in [0.3, 0.4) is 0 Å². The number of hydrogen-bond acceptors (Lipinski definition) is 3. The van der Waals surface area contributed by atoms with Gasteiger partial charge < -0.3 is 10.1 Å². The number of carbonyl (C=O) groups excluding carboxylic acids is 1. The van der Waals surface area contributed by atoms with E-state index in [2.05, 4.69) is 26.3 Å². The minimum atomic E-state index is -0.0744. The number of benzene rings is 1. The second-order valence-corrected chi connectivity index (χ2v) is 5.80. The summed E-state index contributed by atoms with van der Waals surface area (Å²) >= 11 is 3.32. The van der Waals surface area contributed by atoms with E-state index in [1.54, 1.807) is 10.7 Å². The van der Waals surface area contributed by atoms with Gasteiger partial charge in [-0.25, -0.2) is 0 Å². The third kappa shape index (κ3) is 3.33. The molecular weight excluding hydrogens is 334 g/mol. The Bertz CT molecular complexity index is 627. The molecule has 1 amide bonds. The van der Waals surface area contributed by atoms with Crippen molar-refractivity contribution in [3.05, 3.63) is 52.3 Å². The number of amides is 1. The van der Waals surface area contributed by atoms with Crippen molar-refractivity contribution in [1.29, 1.82) is 0 Å². The summed E-state index contributed by atoms with van der Waals surface area (Å²) in [5.41, 5.74) is 1.76. The predicted molar refractivity (Wildman–Crippen MR) is 82.0 cm³/mol. The van der Waals surface area contributed by atoms with E-state index in [-0.39, 0.29) is 11.9 Å². The Morgan fingerprint density at radius 1 is 1.38 bits per heavy atom. The molecule has 21 heavy (non-hydrogen) atoms. The van der Waals surface area contributed by atoms with Gasteiger partial charge in [-0.2, -0.15) is 5.10 Å². The summed E-state index contributed by atoms with van der Waals surface area (Å²) in [6.45, 7) is 1.83. The molecule has 0 unspecified atom stereocenters. The van der Waals surface area contributed by atoms with Gasteiger partial charge in [-0.1, -0.05) is 30.3 Å². The van der Waals surface area contributed by atoms with Crippen molar-refractivity contribution < 1.29 is 9.53 Å². The number of nitrogens with zero attached hydrogens (tertiary/aromatic N) is 2. The smallest absolute Gasteiger partial charge is 0.269 e. The highest BCUT2D eigenvalue weighted by molar-refractivity contribution is 9.10. The Balaban J connectivity index is 1.54. The molecule has 5 nitrogen and oxygen atoms in total. The van der Waals surface area contributed by atoms with Crippen LogP contribution < -0.4 is 5.32 Å². The Morgan fingerprint density at radius 2 is 2.19 bits per heavy atom. The lowest BCUT2D eigenvalue weighted by Crippen LogP contribution is -2.39. The molecule has 6 heteroatoms. The molecule has 110 valence electrons. The van der Waals surface area contributed by atoms with Crippen molar-refractivity contribution in [1.82, 2.24) is 15.1 Å². The first-order valence-corrected chi connectivity index (χ1v) is 7.68. The molecule has 0 aliphatic carbocycles. The summed E-state index contributed by atoms with van der Waals surface area (Å²) in [5.74, 6) is -0.0744. The molecule has 2 aromatic rings. The summed E-state index contributed by atoms with van der Waals surface area (Å²) in [6.07, 6.45) is 0.814. The van der Waals surface area contributed by atoms with Crippen molar-refractivity contribution >= 4 is 21.8 Å². The average Bonchev–Trinajstić information content (AvgIpc) is 2.89. The first-order chi connectivity index (χ1) is 10.2. The zero-order valence-corrected chi connectivity index (χ0v) is 13.0. The van der Waals surface area contributed by atoms with Crippen molar-refractivity contribution in [2.75, 3.05) is 13.2 Å². The van der Waals surface area contributed by atoms with Crippen LogP contribution in [-0.4, -0.2) is 28.8 Å². The lowest BCUT2D eigenvalue weighted by atomic mass is 10.1. The maximum atomic E-state index is 11.7. The molecule has 0 radical (unpaired) electrons. The highest BCUT2D eigenvalue weighted by atomic mass is 79.9. The van der Waals surface area contributed by atoms with Crippen LogP contribution in [0.4, 0.5) is 0 Å². The molecule has 0 bridgehead atoms. The predicted octanol–water partition coefficient (Wildman–Crippen LogP) is 2.54. The highest BCUT2D eigenvalue weighted by Gasteiger charge is 2.26. The van der Waals surface area contributed by atoms with Crippen LogP contribution in [0.25, 0.3) is 0 Å². The van der Waals surface area contributed by atoms with Crippen LogP contribution in [-0.2, 0) is 11.3 Å². The van der Waals surface area contributed by atoms with E-state index in [1.165, 1.54) is 0 Å². The highest BCUT2D eigenvalue weighted by Crippen LogP contribution is 2.21. The number of ether oxygens (including phenoxy) is 1. The van der Waals surface area contributed by atoms with Crippen molar-refractivity contribution in [3.8, 4) is 0 Å². The minimum Gasteiger partial charge on any atom is -0.377 e. The number of aromatic nitrogens is 2. The van der Waals surface area contributed by atoms with Gasteiger partial charge in [0.05, 0.1) is 12.6 Å². The average molecular weight is 350 g/mol. The van der Waals surface area contributed by atoms with E-state index in [1.807, 2.05) is 30.3 Å². The Hall–Kier alpha value is -1.66. The standard InChI is InChI=1S/C15H16BrN3O2/c16-14-8-13-15(20)17-9-12(19(13)18-14)6-7-21-10-11-4-2-1-3-5-11/h1-5,8,12H,6-7,9-10H2,(H,17,20)/t12-/m1/s1. The largest absolute Gasteiger partial charge is 0.377 e. The topological polar surface area (TPSA) is 56.1 Å². The van der Waals surface area contributed by atoms with Gasteiger partial charge in [0.15, 0.2) is 0 Å². The quantitative estimate of drug-likeness (QED) is 0.844. The van der Waals surface area contributed by atoms with Crippen LogP contribution in [0.5, 0.6) is 0 Å². The second-order valence-electron chi connectivity index (χ2n) is 4.99. The molecule has 0 saturated heterocycles. The van der Waals surface area contributed by atoms with E-state index in [0.29, 0.717) is 30.1 Å². The molecule has 1 aliphatic rings. The fourth-order valence-electron chi connectivity index (χ4n) is 2.41. The number of fused-ring (bicyclic) bond motifs is 1. The molecule has 0 saturated carbocycles. The summed E-state index contributed by atoms with van der Waals surface area (Å²) < 4.78 is 8.18. The lowest BCUT2D eigenvalue weighted by Gasteiger charge is -2.24. The zero-order valence-electron chi connectivity index (χ0n) is 11.5. The molecule has 1 N–H and O–H groups in total. The maximum Gasteiger partial charge on any atom is 0.269 e. The Kier molecular flexibility index (Phi) is 4.36. The van der Waals surface area contributed by atoms with Gasteiger partial charge in [-0.15, -0.1) is 0 Å². The monoisotopic (exact) mass is 349 g/mol. The molecule has 3 rings (SSSR count). The van der Waals surface area contributed by atoms with E-state index >= 15 is 0 Å². The summed E-state index contributed by atoms with van der Waals surface area (Å²) in [7, 11) is 0. The number of nitrogens with one attached hydrogen (secondary N) is 1. The van der Waals surface area contributed by atoms with Crippen LogP contribution in [0.2, 0.25) is 0 Å². The number of halogens is 1. The van der Waals surface area contributed by atoms with Gasteiger partial charge in [0.1, 0.15) is 10.3 Å². The maximum absolute atomic E-state index is 11.7. The van der Waals surface area contributed by atoms with Crippen LogP contribution >= 0.6 is 15.9 Å². The third-order valence-corrected chi connectivity index (χ3v) is 3.88. The summed E-state index contributed by atoms with van der Waals surface area (Å²) in [5, 5.41) is 7.22. The summed E-state index contributed by atoms with van der Waals surface area (Å²) in [4.78, 5) is 11.7. The van der Waals surface area contributed by atoms with Crippen LogP contribution in [0.1, 0.15) is 28.5 Å². The fourth-order valence-corrected chi connectivity index (χ4v) is 2.80. The van der Waals surface area contributed by atoms with E-state index < -0.39 is 0 Å². The SMILES string of the molecule is O=C1NC[C@@H](CCOCc2ccccc2)n2nc(Br)cc21. The Morgan fingerprint density at radius 3 is 3.00 bits per heavy atom. The van der Waals surface area contributed by atoms with Gasteiger partial charge in [0.25, 0.3) is 5.91 Å². The van der Waals surface area contributed by atoms with Gasteiger partial charge >= 0.3 is 0 Å². The van der Waals surface area contributed by atoms with Gasteiger partial charge in [0, 0.05) is 19.2 Å². The minimum absolute atomic E-state index is 0.0744. The molecular formula is C15H16BrN3O2. The van der Waals surface area contributed by atoms with Crippen molar-refractivity contribution in [2.45, 2.75) is 19.1 Å². The molecule has 1 aliphatic heterocycles. The molecule has 2 heterocycles. The first kappa shape index (κ1) is 14.3. The number of hydrogen-bond donors (Lipinski definition) is 1. The first-order valence-electron chi connectivity index (χ1n) is 6.89. The normalized spacial score (nSPS) is 17.4. The molecule has 1 atom stereocenters. The molecule has 1 aromatic carbocycles. The zero-order chi connectivity index (χ0) is 14.7. The van der Waals surface area contributed by atoms with Gasteiger partial charge in [0.2, 0.25) is 0 Å². The molecule has 0 spiro atoms. The third-order valence-electron chi connectivity index (χ3n) is 3.49. The molecule has 1 aromatic heterocycles. The van der Waals surface area contributed by atoms with E-state index in [4.69, 9.17) is 4.74 Å². The van der Waals surface area contributed by atoms with Gasteiger partial charge in [-0.05, 0) is 27.9 Å². The van der Waals surface area contributed by atoms with Crippen LogP contribution in [0, 0.1) is 0 Å². The Labute approximate surface area is 131 Å². The van der Waals surface area contributed by atoms with Crippen LogP contribution in [0.15, 0.2) is 41.0 Å². The van der Waals surface area contributed by atoms with Crippen molar-refractivity contribution in [3.63, 3.8) is 0 Å². The van der Waals surface area contributed by atoms with Crippen molar-refractivity contribution in [2.24, 2.45) is 0 Å². The van der Waals surface area contributed by atoms with Gasteiger partial charge in [-0.3, -0.25) is 9.48 Å². The van der Waals surface area contributed by atoms with E-state index in [0.717, 1.165) is 12.0 Å². The number of rotatable bonds is 5. The van der Waals surface area contributed by atoms with E-state index in [9.17, 15) is 4.79 Å². The summed E-state index contributed by atoms with van der Waals surface area (Å²) in [6, 6.07) is 12.0. The molecule has 0 fully saturated rings. The fraction of sp³-hybridized carbons (Fsp3) is 0.333.